The van der Waals surface area contributed by atoms with Gasteiger partial charge < -0.3 is 34.7 Å². The van der Waals surface area contributed by atoms with Crippen molar-refractivity contribution in [3.05, 3.63) is 96.6 Å². The van der Waals surface area contributed by atoms with Gasteiger partial charge in [0.05, 0.1) is 41.6 Å². The number of nitrogens with one attached hydrogen (secondary N) is 3. The molecule has 2 amide bonds. The summed E-state index contributed by atoms with van der Waals surface area (Å²) in [4.78, 5) is 24.6. The van der Waals surface area contributed by atoms with Crippen LogP contribution < -0.4 is 30.3 Å². The number of esters is 1. The average Bonchev–Trinajstić information content (AvgIpc) is 3.00. The van der Waals surface area contributed by atoms with Gasteiger partial charge in [-0.3, -0.25) is 5.43 Å². The summed E-state index contributed by atoms with van der Waals surface area (Å²) in [6.45, 7) is 3.65. The van der Waals surface area contributed by atoms with Gasteiger partial charge in [-0.15, -0.1) is 0 Å². The van der Waals surface area contributed by atoms with Crippen LogP contribution in [0.15, 0.2) is 64.9 Å². The Kier molecular flexibility index (Phi) is 12.3. The molecule has 11 nitrogen and oxygen atoms in total. The van der Waals surface area contributed by atoms with Gasteiger partial charge in [0, 0.05) is 21.3 Å². The van der Waals surface area contributed by atoms with E-state index >= 15 is 0 Å². The fraction of sp³-hybridized carbons (Fsp3) is 0.258. The quantitative estimate of drug-likeness (QED) is 0.0692. The lowest BCUT2D eigenvalue weighted by molar-refractivity contribution is -0.136. The molecule has 1 heterocycles. The molecule has 0 saturated heterocycles. The predicted molar refractivity (Wildman–Crippen MR) is 176 cm³/mol. The lowest BCUT2D eigenvalue weighted by atomic mass is 9.95. The molecule has 4 N–H and O–H groups in total. The Bertz CT molecular complexity index is 1640. The van der Waals surface area contributed by atoms with Crippen LogP contribution >= 0.6 is 46.4 Å². The number of nitrogens with zero attached hydrogens (tertiary/aromatic N) is 1. The van der Waals surface area contributed by atoms with Gasteiger partial charge >= 0.3 is 12.0 Å². The normalized spacial score (nSPS) is 15.2. The van der Waals surface area contributed by atoms with E-state index in [1.165, 1.54) is 13.3 Å². The Labute approximate surface area is 285 Å². The SMILES string of the molecule is CCOc1cc([C@@H]2NC(=O)NC(C)=C2C(=O)OC)ccc1OC[C@@H](O)N/N=C\c1cc(Cl)c(OCc2ccc(Cl)cc2Cl)c(Cl)c1. The number of carbonyl (C=O) groups excluding carboxylic acids is 2. The highest BCUT2D eigenvalue weighted by atomic mass is 35.5. The van der Waals surface area contributed by atoms with E-state index in [1.807, 2.05) is 0 Å². The smallest absolute Gasteiger partial charge is 0.337 e. The zero-order valence-electron chi connectivity index (χ0n) is 24.8. The van der Waals surface area contributed by atoms with Crippen molar-refractivity contribution < 1.29 is 33.6 Å². The minimum absolute atomic E-state index is 0.129. The Morgan fingerprint density at radius 1 is 1.02 bits per heavy atom. The van der Waals surface area contributed by atoms with Crippen molar-refractivity contribution in [2.45, 2.75) is 32.7 Å². The number of hydrogen-bond donors (Lipinski definition) is 4. The first-order valence-electron chi connectivity index (χ1n) is 13.8. The molecule has 0 aliphatic carbocycles. The van der Waals surface area contributed by atoms with Crippen molar-refractivity contribution in [3.63, 3.8) is 0 Å². The van der Waals surface area contributed by atoms with Crippen LogP contribution in [0.25, 0.3) is 0 Å². The largest absolute Gasteiger partial charge is 0.490 e. The molecule has 1 aliphatic rings. The maximum Gasteiger partial charge on any atom is 0.337 e. The van der Waals surface area contributed by atoms with Crippen LogP contribution in [0.5, 0.6) is 17.2 Å². The maximum atomic E-state index is 12.4. The number of rotatable bonds is 13. The minimum Gasteiger partial charge on any atom is -0.490 e. The van der Waals surface area contributed by atoms with Crippen LogP contribution in [0, 0.1) is 0 Å². The third-order valence-electron chi connectivity index (χ3n) is 6.52. The summed E-state index contributed by atoms with van der Waals surface area (Å²) in [6.07, 6.45) is 0.214. The fourth-order valence-corrected chi connectivity index (χ4v) is 5.48. The summed E-state index contributed by atoms with van der Waals surface area (Å²) in [5, 5.41) is 21.2. The van der Waals surface area contributed by atoms with Crippen molar-refractivity contribution in [2.75, 3.05) is 20.3 Å². The highest BCUT2D eigenvalue weighted by Gasteiger charge is 2.32. The van der Waals surface area contributed by atoms with E-state index < -0.39 is 24.3 Å². The van der Waals surface area contributed by atoms with E-state index in [1.54, 1.807) is 62.4 Å². The van der Waals surface area contributed by atoms with E-state index in [0.717, 1.165) is 0 Å². The van der Waals surface area contributed by atoms with Crippen LogP contribution in [0.1, 0.15) is 36.6 Å². The Hall–Kier alpha value is -3.87. The number of hydrogen-bond acceptors (Lipinski definition) is 9. The molecule has 4 rings (SSSR count). The second-order valence-corrected chi connectivity index (χ2v) is 11.4. The van der Waals surface area contributed by atoms with Crippen LogP contribution in [0.2, 0.25) is 20.1 Å². The van der Waals surface area contributed by atoms with Crippen LogP contribution in [-0.4, -0.2) is 49.9 Å². The third kappa shape index (κ3) is 8.89. The number of amides is 2. The molecule has 1 aliphatic heterocycles. The predicted octanol–water partition coefficient (Wildman–Crippen LogP) is 6.40. The third-order valence-corrected chi connectivity index (χ3v) is 7.67. The fourth-order valence-electron chi connectivity index (χ4n) is 4.40. The van der Waals surface area contributed by atoms with Crippen LogP contribution in [-0.2, 0) is 16.1 Å². The zero-order chi connectivity index (χ0) is 33.4. The number of ether oxygens (including phenoxy) is 4. The molecule has 46 heavy (non-hydrogen) atoms. The highest BCUT2D eigenvalue weighted by molar-refractivity contribution is 6.37. The topological polar surface area (TPSA) is 140 Å². The summed E-state index contributed by atoms with van der Waals surface area (Å²) < 4.78 is 22.2. The van der Waals surface area contributed by atoms with Crippen molar-refractivity contribution in [1.82, 2.24) is 16.1 Å². The molecular formula is C31H30Cl4N4O7. The Balaban J connectivity index is 1.37. The molecular weight excluding hydrogens is 682 g/mol. The Morgan fingerprint density at radius 2 is 1.76 bits per heavy atom. The number of allylic oxidation sites excluding steroid dienone is 1. The van der Waals surface area contributed by atoms with Gasteiger partial charge in [0.25, 0.3) is 0 Å². The molecule has 3 aromatic carbocycles. The van der Waals surface area contributed by atoms with Gasteiger partial charge in [-0.2, -0.15) is 5.10 Å². The molecule has 0 spiro atoms. The molecule has 0 saturated carbocycles. The summed E-state index contributed by atoms with van der Waals surface area (Å²) in [5.74, 6) is 0.357. The van der Waals surface area contributed by atoms with E-state index in [2.05, 4.69) is 21.2 Å². The number of benzene rings is 3. The molecule has 2 atom stereocenters. The second-order valence-electron chi connectivity index (χ2n) is 9.75. The van der Waals surface area contributed by atoms with Gasteiger partial charge in [-0.25, -0.2) is 9.59 Å². The monoisotopic (exact) mass is 710 g/mol. The molecule has 0 bridgehead atoms. The number of hydrazone groups is 1. The number of methoxy groups -OCH3 is 1. The van der Waals surface area contributed by atoms with Crippen LogP contribution in [0.3, 0.4) is 0 Å². The van der Waals surface area contributed by atoms with Crippen molar-refractivity contribution in [1.29, 1.82) is 0 Å². The number of aliphatic hydroxyl groups excluding tert-OH is 1. The van der Waals surface area contributed by atoms with Crippen molar-refractivity contribution >= 4 is 64.6 Å². The molecule has 0 unspecified atom stereocenters. The summed E-state index contributed by atoms with van der Waals surface area (Å²) in [6, 6.07) is 12.0. The highest BCUT2D eigenvalue weighted by Crippen LogP contribution is 2.36. The van der Waals surface area contributed by atoms with Crippen LogP contribution in [0.4, 0.5) is 4.79 Å². The first-order valence-corrected chi connectivity index (χ1v) is 15.3. The lowest BCUT2D eigenvalue weighted by Crippen LogP contribution is -2.45. The standard InChI is InChI=1S/C31H30Cl4N4O7/c1-4-44-25-11-18(28-27(30(41)43-3)16(2)37-31(42)38-28)6-8-24(25)45-15-26(40)39-36-13-17-9-22(34)29(23(35)10-17)46-14-19-5-7-20(32)12-21(19)33/h5-13,26,28,39-40H,4,14-15H2,1-3H3,(H2,37,38,42)/b36-13-/t26-,28+/m1/s1. The van der Waals surface area contributed by atoms with Gasteiger partial charge in [0.15, 0.2) is 23.5 Å². The second kappa shape index (κ2) is 16.1. The Morgan fingerprint density at radius 3 is 2.43 bits per heavy atom. The maximum absolute atomic E-state index is 12.4. The lowest BCUT2D eigenvalue weighted by Gasteiger charge is -2.28. The van der Waals surface area contributed by atoms with E-state index in [9.17, 15) is 14.7 Å². The van der Waals surface area contributed by atoms with Gasteiger partial charge in [0.1, 0.15) is 13.2 Å². The minimum atomic E-state index is -1.21. The molecule has 3 aromatic rings. The number of aliphatic hydroxyl groups is 1. The number of halogens is 4. The molecule has 0 fully saturated rings. The van der Waals surface area contributed by atoms with E-state index in [4.69, 9.17) is 65.4 Å². The van der Waals surface area contributed by atoms with E-state index in [0.29, 0.717) is 50.5 Å². The van der Waals surface area contributed by atoms with Gasteiger partial charge in [0.2, 0.25) is 0 Å². The summed E-state index contributed by atoms with van der Waals surface area (Å²) in [7, 11) is 1.26. The van der Waals surface area contributed by atoms with E-state index in [-0.39, 0.29) is 34.6 Å². The molecule has 0 aromatic heterocycles. The molecule has 15 heteroatoms. The molecule has 0 radical (unpaired) electrons. The van der Waals surface area contributed by atoms with Crippen molar-refractivity contribution in [2.24, 2.45) is 5.10 Å². The van der Waals surface area contributed by atoms with Crippen molar-refractivity contribution in [3.8, 4) is 17.2 Å². The van der Waals surface area contributed by atoms with Gasteiger partial charge in [-0.1, -0.05) is 58.5 Å². The first-order chi connectivity index (χ1) is 22.0. The molecule has 244 valence electrons. The number of carbonyl (C=O) groups is 2. The summed E-state index contributed by atoms with van der Waals surface area (Å²) in [5.41, 5.74) is 5.02. The summed E-state index contributed by atoms with van der Waals surface area (Å²) >= 11 is 24.9. The average molecular weight is 712 g/mol. The zero-order valence-corrected chi connectivity index (χ0v) is 27.9. The number of urea groups is 1. The van der Waals surface area contributed by atoms with Gasteiger partial charge in [-0.05, 0) is 61.4 Å². The first kappa shape index (κ1) is 35.0.